The van der Waals surface area contributed by atoms with Crippen LogP contribution in [-0.2, 0) is 14.3 Å². The summed E-state index contributed by atoms with van der Waals surface area (Å²) in [6.45, 7) is 3.91. The normalized spacial score (nSPS) is 16.4. The molecule has 0 aliphatic carbocycles. The SMILES string of the molecule is CCOC(=O)COc1ccc(/C=C2/SC(=Nc3ccc(C)cc3)N(C)C2=O)cc1Br. The van der Waals surface area contributed by atoms with Gasteiger partial charge in [0.25, 0.3) is 5.91 Å². The fourth-order valence-electron chi connectivity index (χ4n) is 2.60. The van der Waals surface area contributed by atoms with Crippen LogP contribution in [0.25, 0.3) is 6.08 Å². The number of thioether (sulfide) groups is 1. The molecule has 0 N–H and O–H groups in total. The van der Waals surface area contributed by atoms with Gasteiger partial charge in [-0.3, -0.25) is 9.69 Å². The van der Waals surface area contributed by atoms with Crippen LogP contribution in [0.3, 0.4) is 0 Å². The molecule has 0 saturated carbocycles. The van der Waals surface area contributed by atoms with Crippen LogP contribution in [0.5, 0.6) is 5.75 Å². The quantitative estimate of drug-likeness (QED) is 0.425. The lowest BCUT2D eigenvalue weighted by Gasteiger charge is -2.08. The standard InChI is InChI=1S/C22H21BrN2O4S/c1-4-28-20(26)13-29-18-10-7-15(11-17(18)23)12-19-21(27)25(3)22(30-19)24-16-8-5-14(2)6-9-16/h5-12H,4,13H2,1-3H3/b19-12+,24-22?. The maximum Gasteiger partial charge on any atom is 0.344 e. The fraction of sp³-hybridized carbons (Fsp3) is 0.227. The van der Waals surface area contributed by atoms with Gasteiger partial charge in [-0.25, -0.2) is 9.79 Å². The van der Waals surface area contributed by atoms with Crippen LogP contribution < -0.4 is 4.74 Å². The zero-order chi connectivity index (χ0) is 21.7. The molecule has 1 saturated heterocycles. The Labute approximate surface area is 188 Å². The lowest BCUT2D eigenvalue weighted by atomic mass is 10.2. The summed E-state index contributed by atoms with van der Waals surface area (Å²) in [5.74, 6) is -0.00838. The summed E-state index contributed by atoms with van der Waals surface area (Å²) in [6.07, 6.45) is 1.81. The van der Waals surface area contributed by atoms with E-state index >= 15 is 0 Å². The van der Waals surface area contributed by atoms with E-state index in [9.17, 15) is 9.59 Å². The van der Waals surface area contributed by atoms with E-state index in [0.29, 0.717) is 26.9 Å². The van der Waals surface area contributed by atoms with Crippen LogP contribution in [0.4, 0.5) is 5.69 Å². The van der Waals surface area contributed by atoms with Gasteiger partial charge in [-0.05, 0) is 77.4 Å². The minimum atomic E-state index is -0.424. The summed E-state index contributed by atoms with van der Waals surface area (Å²) < 4.78 is 11.0. The highest BCUT2D eigenvalue weighted by Crippen LogP contribution is 2.34. The van der Waals surface area contributed by atoms with Gasteiger partial charge in [0.15, 0.2) is 11.8 Å². The second kappa shape index (κ2) is 9.95. The molecule has 6 nitrogen and oxygen atoms in total. The molecule has 2 aromatic rings. The first-order chi connectivity index (χ1) is 14.4. The summed E-state index contributed by atoms with van der Waals surface area (Å²) in [7, 11) is 1.71. The van der Waals surface area contributed by atoms with Crippen molar-refractivity contribution in [3.63, 3.8) is 0 Å². The molecule has 1 aliphatic heterocycles. The molecule has 0 atom stereocenters. The van der Waals surface area contributed by atoms with Gasteiger partial charge in [0.2, 0.25) is 0 Å². The lowest BCUT2D eigenvalue weighted by molar-refractivity contribution is -0.145. The molecular weight excluding hydrogens is 468 g/mol. The molecule has 0 spiro atoms. The third-order valence-electron chi connectivity index (χ3n) is 4.17. The Bertz CT molecular complexity index is 1020. The van der Waals surface area contributed by atoms with Crippen molar-refractivity contribution in [2.45, 2.75) is 13.8 Å². The van der Waals surface area contributed by atoms with E-state index in [1.165, 1.54) is 11.8 Å². The predicted molar refractivity (Wildman–Crippen MR) is 123 cm³/mol. The molecule has 0 unspecified atom stereocenters. The van der Waals surface area contributed by atoms with Crippen LogP contribution in [-0.4, -0.2) is 42.2 Å². The molecular formula is C22H21BrN2O4S. The van der Waals surface area contributed by atoms with E-state index < -0.39 is 5.97 Å². The number of carbonyl (C=O) groups excluding carboxylic acids is 2. The highest BCUT2D eigenvalue weighted by molar-refractivity contribution is 9.10. The van der Waals surface area contributed by atoms with Gasteiger partial charge >= 0.3 is 5.97 Å². The summed E-state index contributed by atoms with van der Waals surface area (Å²) in [5, 5.41) is 0.628. The summed E-state index contributed by atoms with van der Waals surface area (Å²) in [6, 6.07) is 13.2. The summed E-state index contributed by atoms with van der Waals surface area (Å²) in [4.78, 5) is 30.8. The Morgan fingerprint density at radius 1 is 1.23 bits per heavy atom. The zero-order valence-corrected chi connectivity index (χ0v) is 19.2. The number of rotatable bonds is 6. The van der Waals surface area contributed by atoms with Crippen LogP contribution in [0.1, 0.15) is 18.1 Å². The van der Waals surface area contributed by atoms with Crippen molar-refractivity contribution in [2.75, 3.05) is 20.3 Å². The minimum absolute atomic E-state index is 0.107. The number of esters is 1. The summed E-state index contributed by atoms with van der Waals surface area (Å²) >= 11 is 4.77. The Hall–Kier alpha value is -2.58. The molecule has 0 aromatic heterocycles. The van der Waals surface area contributed by atoms with Gasteiger partial charge in [0, 0.05) is 7.05 Å². The van der Waals surface area contributed by atoms with Crippen molar-refractivity contribution in [1.82, 2.24) is 4.90 Å². The molecule has 1 heterocycles. The first-order valence-corrected chi connectivity index (χ1v) is 10.9. The van der Waals surface area contributed by atoms with Crippen LogP contribution in [0.2, 0.25) is 0 Å². The summed E-state index contributed by atoms with van der Waals surface area (Å²) in [5.41, 5.74) is 2.78. The van der Waals surface area contributed by atoms with E-state index in [4.69, 9.17) is 9.47 Å². The monoisotopic (exact) mass is 488 g/mol. The van der Waals surface area contributed by atoms with E-state index in [1.807, 2.05) is 43.3 Å². The van der Waals surface area contributed by atoms with E-state index in [1.54, 1.807) is 31.0 Å². The number of nitrogens with zero attached hydrogens (tertiary/aromatic N) is 2. The van der Waals surface area contributed by atoms with Gasteiger partial charge in [-0.2, -0.15) is 0 Å². The fourth-order valence-corrected chi connectivity index (χ4v) is 4.09. The second-order valence-corrected chi connectivity index (χ2v) is 8.35. The second-order valence-electron chi connectivity index (χ2n) is 6.49. The van der Waals surface area contributed by atoms with Gasteiger partial charge in [0.1, 0.15) is 5.75 Å². The third kappa shape index (κ3) is 5.52. The van der Waals surface area contributed by atoms with Gasteiger partial charge in [-0.1, -0.05) is 23.8 Å². The highest BCUT2D eigenvalue weighted by Gasteiger charge is 2.30. The maximum absolute atomic E-state index is 12.6. The van der Waals surface area contributed by atoms with Crippen molar-refractivity contribution in [3.05, 3.63) is 63.0 Å². The number of carbonyl (C=O) groups is 2. The smallest absolute Gasteiger partial charge is 0.344 e. The van der Waals surface area contributed by atoms with Crippen molar-refractivity contribution in [3.8, 4) is 5.75 Å². The molecule has 0 bridgehead atoms. The molecule has 1 aliphatic rings. The molecule has 8 heteroatoms. The van der Waals surface area contributed by atoms with Gasteiger partial charge < -0.3 is 9.47 Å². The van der Waals surface area contributed by atoms with Crippen molar-refractivity contribution >= 4 is 56.5 Å². The van der Waals surface area contributed by atoms with Crippen molar-refractivity contribution in [1.29, 1.82) is 0 Å². The van der Waals surface area contributed by atoms with E-state index in [2.05, 4.69) is 20.9 Å². The largest absolute Gasteiger partial charge is 0.481 e. The maximum atomic E-state index is 12.6. The first-order valence-electron chi connectivity index (χ1n) is 9.28. The van der Waals surface area contributed by atoms with Crippen LogP contribution in [0.15, 0.2) is 56.8 Å². The van der Waals surface area contributed by atoms with Crippen LogP contribution in [0, 0.1) is 6.92 Å². The zero-order valence-electron chi connectivity index (χ0n) is 16.8. The molecule has 156 valence electrons. The number of benzene rings is 2. The number of hydrogen-bond acceptors (Lipinski definition) is 6. The Morgan fingerprint density at radius 2 is 1.97 bits per heavy atom. The topological polar surface area (TPSA) is 68.2 Å². The highest BCUT2D eigenvalue weighted by atomic mass is 79.9. The number of ether oxygens (including phenoxy) is 2. The van der Waals surface area contributed by atoms with Crippen molar-refractivity contribution < 1.29 is 19.1 Å². The van der Waals surface area contributed by atoms with E-state index in [-0.39, 0.29) is 12.5 Å². The number of aliphatic imine (C=N–C) groups is 1. The van der Waals surface area contributed by atoms with Crippen molar-refractivity contribution in [2.24, 2.45) is 4.99 Å². The molecule has 1 amide bonds. The van der Waals surface area contributed by atoms with Crippen LogP contribution >= 0.6 is 27.7 Å². The number of hydrogen-bond donors (Lipinski definition) is 0. The lowest BCUT2D eigenvalue weighted by Crippen LogP contribution is -2.23. The Kier molecular flexibility index (Phi) is 7.33. The number of amides is 1. The Morgan fingerprint density at radius 3 is 2.63 bits per heavy atom. The Balaban J connectivity index is 1.74. The first kappa shape index (κ1) is 22.1. The number of aryl methyl sites for hydroxylation is 1. The average Bonchev–Trinajstić information content (AvgIpc) is 2.97. The van der Waals surface area contributed by atoms with Gasteiger partial charge in [0.05, 0.1) is 21.7 Å². The average molecular weight is 489 g/mol. The minimum Gasteiger partial charge on any atom is -0.481 e. The van der Waals surface area contributed by atoms with Gasteiger partial charge in [-0.15, -0.1) is 0 Å². The number of halogens is 1. The molecule has 2 aromatic carbocycles. The molecule has 1 fully saturated rings. The molecule has 30 heavy (non-hydrogen) atoms. The number of likely N-dealkylation sites (N-methyl/N-ethyl adjacent to an activating group) is 1. The molecule has 3 rings (SSSR count). The molecule has 0 radical (unpaired) electrons. The predicted octanol–water partition coefficient (Wildman–Crippen LogP) is 4.93. The third-order valence-corrected chi connectivity index (χ3v) is 5.85. The van der Waals surface area contributed by atoms with E-state index in [0.717, 1.165) is 16.8 Å². The number of amidine groups is 1.